The van der Waals surface area contributed by atoms with Gasteiger partial charge in [-0.1, -0.05) is 29.5 Å². The van der Waals surface area contributed by atoms with Crippen molar-refractivity contribution in [1.29, 1.82) is 0 Å². The van der Waals surface area contributed by atoms with Crippen molar-refractivity contribution >= 4 is 5.97 Å². The summed E-state index contributed by atoms with van der Waals surface area (Å²) in [6, 6.07) is 8.14. The molecule has 0 saturated carbocycles. The SMILES string of the molecule is CCOC(=O)C(C)N1CCCC1C#Cc1ccc(C)cc1. The molecule has 2 rings (SSSR count). The molecule has 1 aromatic carbocycles. The van der Waals surface area contributed by atoms with Crippen LogP contribution in [-0.2, 0) is 9.53 Å². The monoisotopic (exact) mass is 285 g/mol. The van der Waals surface area contributed by atoms with Gasteiger partial charge in [0.25, 0.3) is 0 Å². The Morgan fingerprint density at radius 1 is 1.43 bits per heavy atom. The summed E-state index contributed by atoms with van der Waals surface area (Å²) in [5.74, 6) is 6.39. The molecule has 1 fully saturated rings. The van der Waals surface area contributed by atoms with Crippen LogP contribution in [-0.4, -0.2) is 36.1 Å². The third-order valence-corrected chi connectivity index (χ3v) is 3.85. The second-order valence-electron chi connectivity index (χ2n) is 5.46. The second kappa shape index (κ2) is 7.28. The molecule has 3 nitrogen and oxygen atoms in total. The van der Waals surface area contributed by atoms with Crippen molar-refractivity contribution < 1.29 is 9.53 Å². The summed E-state index contributed by atoms with van der Waals surface area (Å²) >= 11 is 0. The van der Waals surface area contributed by atoms with Gasteiger partial charge >= 0.3 is 5.97 Å². The standard InChI is InChI=1S/C18H23NO2/c1-4-21-18(20)15(3)19-13-5-6-17(19)12-11-16-9-7-14(2)8-10-16/h7-10,15,17H,4-6,13H2,1-3H3. The van der Waals surface area contributed by atoms with E-state index in [-0.39, 0.29) is 18.1 Å². The summed E-state index contributed by atoms with van der Waals surface area (Å²) in [4.78, 5) is 14.0. The number of hydrogen-bond donors (Lipinski definition) is 0. The Morgan fingerprint density at radius 3 is 2.81 bits per heavy atom. The van der Waals surface area contributed by atoms with Crippen LogP contribution in [0.15, 0.2) is 24.3 Å². The molecular formula is C18H23NO2. The highest BCUT2D eigenvalue weighted by molar-refractivity contribution is 5.75. The second-order valence-corrected chi connectivity index (χ2v) is 5.46. The predicted molar refractivity (Wildman–Crippen MR) is 83.9 cm³/mol. The van der Waals surface area contributed by atoms with Crippen LogP contribution >= 0.6 is 0 Å². The van der Waals surface area contributed by atoms with E-state index < -0.39 is 0 Å². The zero-order valence-electron chi connectivity index (χ0n) is 13.1. The van der Waals surface area contributed by atoms with E-state index in [0.29, 0.717) is 6.61 Å². The molecular weight excluding hydrogens is 262 g/mol. The molecule has 2 atom stereocenters. The van der Waals surface area contributed by atoms with Gasteiger partial charge in [-0.3, -0.25) is 9.69 Å². The van der Waals surface area contributed by atoms with Gasteiger partial charge in [0, 0.05) is 12.1 Å². The van der Waals surface area contributed by atoms with Crippen LogP contribution in [0.25, 0.3) is 0 Å². The number of aryl methyl sites for hydroxylation is 1. The number of ether oxygens (including phenoxy) is 1. The fourth-order valence-electron chi connectivity index (χ4n) is 2.61. The van der Waals surface area contributed by atoms with Crippen LogP contribution in [0.2, 0.25) is 0 Å². The van der Waals surface area contributed by atoms with E-state index in [9.17, 15) is 4.79 Å². The molecule has 112 valence electrons. The highest BCUT2D eigenvalue weighted by Crippen LogP contribution is 2.20. The Kier molecular flexibility index (Phi) is 5.41. The van der Waals surface area contributed by atoms with Gasteiger partial charge in [-0.15, -0.1) is 0 Å². The summed E-state index contributed by atoms with van der Waals surface area (Å²) in [5.41, 5.74) is 2.26. The van der Waals surface area contributed by atoms with Crippen molar-refractivity contribution in [2.75, 3.05) is 13.2 Å². The molecule has 1 aliphatic heterocycles. The molecule has 1 aliphatic rings. The minimum Gasteiger partial charge on any atom is -0.465 e. The van der Waals surface area contributed by atoms with Crippen molar-refractivity contribution in [2.24, 2.45) is 0 Å². The maximum Gasteiger partial charge on any atom is 0.323 e. The maximum atomic E-state index is 11.9. The quantitative estimate of drug-likeness (QED) is 0.632. The van der Waals surface area contributed by atoms with Crippen LogP contribution < -0.4 is 0 Å². The van der Waals surface area contributed by atoms with Crippen LogP contribution in [0.5, 0.6) is 0 Å². The van der Waals surface area contributed by atoms with Crippen LogP contribution in [0.1, 0.15) is 37.8 Å². The summed E-state index contributed by atoms with van der Waals surface area (Å²) in [6.45, 7) is 7.15. The number of carbonyl (C=O) groups excluding carboxylic acids is 1. The molecule has 3 heteroatoms. The molecule has 0 aromatic heterocycles. The minimum absolute atomic E-state index is 0.144. The number of likely N-dealkylation sites (tertiary alicyclic amines) is 1. The summed E-state index contributed by atoms with van der Waals surface area (Å²) < 4.78 is 5.11. The predicted octanol–water partition coefficient (Wildman–Crippen LogP) is 2.76. The normalized spacial score (nSPS) is 19.7. The fourth-order valence-corrected chi connectivity index (χ4v) is 2.61. The zero-order chi connectivity index (χ0) is 15.2. The van der Waals surface area contributed by atoms with Gasteiger partial charge in [-0.25, -0.2) is 0 Å². The van der Waals surface area contributed by atoms with Gasteiger partial charge in [0.15, 0.2) is 0 Å². The number of carbonyl (C=O) groups is 1. The molecule has 2 unspecified atom stereocenters. The third kappa shape index (κ3) is 4.09. The summed E-state index contributed by atoms with van der Waals surface area (Å²) in [5, 5.41) is 0. The van der Waals surface area contributed by atoms with E-state index in [4.69, 9.17) is 4.74 Å². The average Bonchev–Trinajstić information content (AvgIpc) is 2.94. The minimum atomic E-state index is -0.218. The Balaban J connectivity index is 2.05. The van der Waals surface area contributed by atoms with E-state index >= 15 is 0 Å². The maximum absolute atomic E-state index is 11.9. The van der Waals surface area contributed by atoms with E-state index in [1.54, 1.807) is 0 Å². The van der Waals surface area contributed by atoms with Crippen molar-refractivity contribution in [3.63, 3.8) is 0 Å². The first-order valence-electron chi connectivity index (χ1n) is 7.62. The molecule has 1 saturated heterocycles. The largest absolute Gasteiger partial charge is 0.465 e. The van der Waals surface area contributed by atoms with Crippen LogP contribution in [0.4, 0.5) is 0 Å². The first-order chi connectivity index (χ1) is 10.1. The van der Waals surface area contributed by atoms with Gasteiger partial charge in [0.05, 0.1) is 12.6 Å². The molecule has 0 radical (unpaired) electrons. The van der Waals surface area contributed by atoms with Crippen molar-refractivity contribution in [3.8, 4) is 11.8 Å². The highest BCUT2D eigenvalue weighted by Gasteiger charge is 2.31. The van der Waals surface area contributed by atoms with Gasteiger partial charge < -0.3 is 4.74 Å². The lowest BCUT2D eigenvalue weighted by molar-refractivity contribution is -0.148. The van der Waals surface area contributed by atoms with Gasteiger partial charge in [-0.05, 0) is 45.7 Å². The third-order valence-electron chi connectivity index (χ3n) is 3.85. The number of hydrogen-bond acceptors (Lipinski definition) is 3. The Labute approximate surface area is 127 Å². The lowest BCUT2D eigenvalue weighted by Gasteiger charge is -2.25. The van der Waals surface area contributed by atoms with Crippen molar-refractivity contribution in [2.45, 2.75) is 45.7 Å². The molecule has 0 spiro atoms. The molecule has 0 N–H and O–H groups in total. The first kappa shape index (κ1) is 15.6. The van der Waals surface area contributed by atoms with E-state index in [0.717, 1.165) is 24.9 Å². The summed E-state index contributed by atoms with van der Waals surface area (Å²) in [7, 11) is 0. The molecule has 0 aliphatic carbocycles. The smallest absolute Gasteiger partial charge is 0.323 e. The molecule has 0 amide bonds. The van der Waals surface area contributed by atoms with Gasteiger partial charge in [0.1, 0.15) is 6.04 Å². The van der Waals surface area contributed by atoms with E-state index in [2.05, 4.69) is 35.8 Å². The Hall–Kier alpha value is -1.79. The van der Waals surface area contributed by atoms with E-state index in [1.165, 1.54) is 5.56 Å². The van der Waals surface area contributed by atoms with Crippen LogP contribution in [0, 0.1) is 18.8 Å². The van der Waals surface area contributed by atoms with Gasteiger partial charge in [-0.2, -0.15) is 0 Å². The van der Waals surface area contributed by atoms with Gasteiger partial charge in [0.2, 0.25) is 0 Å². The first-order valence-corrected chi connectivity index (χ1v) is 7.62. The lowest BCUT2D eigenvalue weighted by Crippen LogP contribution is -2.42. The topological polar surface area (TPSA) is 29.5 Å². The lowest BCUT2D eigenvalue weighted by atomic mass is 10.1. The Bertz CT molecular complexity index is 539. The molecule has 1 heterocycles. The zero-order valence-corrected chi connectivity index (χ0v) is 13.1. The number of benzene rings is 1. The molecule has 21 heavy (non-hydrogen) atoms. The van der Waals surface area contributed by atoms with Crippen molar-refractivity contribution in [3.05, 3.63) is 35.4 Å². The summed E-state index contributed by atoms with van der Waals surface area (Å²) in [6.07, 6.45) is 2.10. The number of rotatable bonds is 3. The van der Waals surface area contributed by atoms with E-state index in [1.807, 2.05) is 26.0 Å². The Morgan fingerprint density at radius 2 is 2.14 bits per heavy atom. The average molecular weight is 285 g/mol. The molecule has 1 aromatic rings. The van der Waals surface area contributed by atoms with Crippen LogP contribution in [0.3, 0.4) is 0 Å². The molecule has 0 bridgehead atoms. The van der Waals surface area contributed by atoms with Crippen molar-refractivity contribution in [1.82, 2.24) is 4.90 Å². The highest BCUT2D eigenvalue weighted by atomic mass is 16.5. The number of esters is 1. The fraction of sp³-hybridized carbons (Fsp3) is 0.500. The number of nitrogens with zero attached hydrogens (tertiary/aromatic N) is 1.